The van der Waals surface area contributed by atoms with Crippen LogP contribution in [0.25, 0.3) is 6.08 Å². The summed E-state index contributed by atoms with van der Waals surface area (Å²) in [5.41, 5.74) is 1.88. The summed E-state index contributed by atoms with van der Waals surface area (Å²) in [5, 5.41) is 47.7. The molecule has 5 N–H and O–H groups in total. The molecule has 2 aromatic rings. The Bertz CT molecular complexity index is 1280. The van der Waals surface area contributed by atoms with Crippen molar-refractivity contribution >= 4 is 23.8 Å². The number of ketones is 1. The molecule has 0 saturated carbocycles. The molecule has 0 heterocycles. The molecule has 0 aromatic heterocycles. The molecule has 9 heteroatoms. The van der Waals surface area contributed by atoms with Gasteiger partial charge in [0.2, 0.25) is 0 Å². The second-order valence-electron chi connectivity index (χ2n) is 8.72. The molecule has 0 saturated heterocycles. The van der Waals surface area contributed by atoms with Gasteiger partial charge in [0.05, 0.1) is 12.2 Å². The van der Waals surface area contributed by atoms with Crippen molar-refractivity contribution in [1.29, 1.82) is 0 Å². The summed E-state index contributed by atoms with van der Waals surface area (Å²) in [7, 11) is 0. The van der Waals surface area contributed by atoms with Crippen LogP contribution < -0.4 is 0 Å². The summed E-state index contributed by atoms with van der Waals surface area (Å²) < 4.78 is 5.20. The Hall–Kier alpha value is -4.63. The van der Waals surface area contributed by atoms with E-state index in [-0.39, 0.29) is 54.4 Å². The number of aliphatic carboxylic acids is 1. The van der Waals surface area contributed by atoms with Crippen molar-refractivity contribution in [3.05, 3.63) is 94.6 Å². The third kappa shape index (κ3) is 11.1. The number of benzene rings is 2. The van der Waals surface area contributed by atoms with Gasteiger partial charge >= 0.3 is 11.9 Å². The van der Waals surface area contributed by atoms with Crippen molar-refractivity contribution in [3.63, 3.8) is 0 Å². The number of aliphatic hydroxyl groups is 1. The highest BCUT2D eigenvalue weighted by atomic mass is 16.5. The van der Waals surface area contributed by atoms with E-state index in [1.807, 2.05) is 13.0 Å². The van der Waals surface area contributed by atoms with Crippen molar-refractivity contribution in [2.45, 2.75) is 32.6 Å². The molecule has 0 bridgehead atoms. The Morgan fingerprint density at radius 2 is 1.56 bits per heavy atom. The number of rotatable bonds is 14. The third-order valence-electron chi connectivity index (χ3n) is 5.58. The van der Waals surface area contributed by atoms with Crippen LogP contribution in [0.15, 0.2) is 83.5 Å². The first kappa shape index (κ1) is 30.6. The lowest BCUT2D eigenvalue weighted by atomic mass is 10.0. The van der Waals surface area contributed by atoms with Gasteiger partial charge in [0.25, 0.3) is 0 Å². The van der Waals surface area contributed by atoms with Gasteiger partial charge in [0.15, 0.2) is 5.78 Å². The number of carboxylic acid groups (broad SMARTS) is 1. The van der Waals surface area contributed by atoms with Crippen LogP contribution in [0.5, 0.6) is 17.2 Å². The second kappa shape index (κ2) is 15.6. The number of carboxylic acids is 1. The van der Waals surface area contributed by atoms with Crippen molar-refractivity contribution < 1.29 is 44.7 Å². The van der Waals surface area contributed by atoms with E-state index in [1.54, 1.807) is 24.3 Å². The number of allylic oxidation sites excluding steroid dienone is 3. The van der Waals surface area contributed by atoms with E-state index in [9.17, 15) is 39.9 Å². The van der Waals surface area contributed by atoms with Crippen molar-refractivity contribution in [2.24, 2.45) is 0 Å². The predicted octanol–water partition coefficient (Wildman–Crippen LogP) is 4.68. The van der Waals surface area contributed by atoms with E-state index in [0.717, 1.165) is 29.3 Å². The normalized spacial score (nSPS) is 12.5. The fraction of sp³-hybridized carbons (Fsp3) is 0.233. The average Bonchev–Trinajstić information content (AvgIpc) is 2.91. The van der Waals surface area contributed by atoms with Gasteiger partial charge in [0, 0.05) is 11.6 Å². The molecule has 0 aliphatic heterocycles. The number of hydrogen-bond acceptors (Lipinski definition) is 8. The molecule has 0 fully saturated rings. The lowest BCUT2D eigenvalue weighted by Gasteiger charge is -2.06. The molecule has 0 amide bonds. The largest absolute Gasteiger partial charge is 0.508 e. The fourth-order valence-electron chi connectivity index (χ4n) is 3.42. The van der Waals surface area contributed by atoms with Gasteiger partial charge in [-0.25, -0.2) is 9.59 Å². The first-order chi connectivity index (χ1) is 18.6. The average molecular weight is 537 g/mol. The second-order valence-corrected chi connectivity index (χ2v) is 8.72. The molecule has 2 aromatic carbocycles. The highest BCUT2D eigenvalue weighted by molar-refractivity contribution is 6.10. The number of aliphatic hydroxyl groups excluding tert-OH is 1. The Kier molecular flexibility index (Phi) is 12.2. The number of carbonyl (C=O) groups excluding carboxylic acids is 2. The van der Waals surface area contributed by atoms with E-state index in [0.29, 0.717) is 18.4 Å². The molecule has 0 unspecified atom stereocenters. The lowest BCUT2D eigenvalue weighted by molar-refractivity contribution is -0.136. The molecule has 9 nitrogen and oxygen atoms in total. The number of esters is 1. The quantitative estimate of drug-likeness (QED) is 0.0759. The predicted molar refractivity (Wildman–Crippen MR) is 145 cm³/mol. The Morgan fingerprint density at radius 3 is 2.23 bits per heavy atom. The Morgan fingerprint density at radius 1 is 0.897 bits per heavy atom. The number of phenolic OH excluding ortho intramolecular Hbond substituents is 3. The van der Waals surface area contributed by atoms with Crippen LogP contribution in [0.1, 0.15) is 48.5 Å². The zero-order valence-electron chi connectivity index (χ0n) is 21.5. The van der Waals surface area contributed by atoms with Crippen LogP contribution in [0.3, 0.4) is 0 Å². The molecule has 0 radical (unpaired) electrons. The zero-order chi connectivity index (χ0) is 28.8. The van der Waals surface area contributed by atoms with Crippen LogP contribution in [0, 0.1) is 0 Å². The van der Waals surface area contributed by atoms with E-state index < -0.39 is 17.7 Å². The summed E-state index contributed by atoms with van der Waals surface area (Å²) in [6.07, 6.45) is 8.74. The Labute approximate surface area is 226 Å². The maximum absolute atomic E-state index is 12.4. The maximum Gasteiger partial charge on any atom is 0.331 e. The minimum atomic E-state index is -1.28. The van der Waals surface area contributed by atoms with Gasteiger partial charge in [-0.1, -0.05) is 24.3 Å². The van der Waals surface area contributed by atoms with Gasteiger partial charge in [0.1, 0.15) is 23.9 Å². The van der Waals surface area contributed by atoms with Crippen LogP contribution in [0.4, 0.5) is 0 Å². The molecule has 39 heavy (non-hydrogen) atoms. The molecule has 206 valence electrons. The fourth-order valence-corrected chi connectivity index (χ4v) is 3.42. The minimum absolute atomic E-state index is 0.0205. The van der Waals surface area contributed by atoms with Gasteiger partial charge in [-0.05, 0) is 91.8 Å². The topological polar surface area (TPSA) is 162 Å². The van der Waals surface area contributed by atoms with E-state index in [4.69, 9.17) is 4.74 Å². The van der Waals surface area contributed by atoms with Crippen molar-refractivity contribution in [1.82, 2.24) is 0 Å². The third-order valence-corrected chi connectivity index (χ3v) is 5.58. The highest BCUT2D eigenvalue weighted by Crippen LogP contribution is 2.24. The van der Waals surface area contributed by atoms with Gasteiger partial charge in [-0.2, -0.15) is 0 Å². The number of aromatic hydroxyl groups is 3. The minimum Gasteiger partial charge on any atom is -0.508 e. The van der Waals surface area contributed by atoms with Crippen LogP contribution in [0.2, 0.25) is 0 Å². The lowest BCUT2D eigenvalue weighted by Crippen LogP contribution is -2.05. The van der Waals surface area contributed by atoms with Gasteiger partial charge in [-0.15, -0.1) is 0 Å². The van der Waals surface area contributed by atoms with E-state index in [1.165, 1.54) is 24.3 Å². The maximum atomic E-state index is 12.4. The number of phenols is 3. The highest BCUT2D eigenvalue weighted by Gasteiger charge is 2.14. The summed E-state index contributed by atoms with van der Waals surface area (Å²) in [6.45, 7) is 1.70. The first-order valence-electron chi connectivity index (χ1n) is 12.2. The molecule has 0 aliphatic carbocycles. The van der Waals surface area contributed by atoms with Gasteiger partial charge in [-0.3, -0.25) is 4.79 Å². The smallest absolute Gasteiger partial charge is 0.331 e. The molecule has 0 spiro atoms. The van der Waals surface area contributed by atoms with Crippen LogP contribution in [-0.2, 0) is 14.3 Å². The van der Waals surface area contributed by atoms with Gasteiger partial charge < -0.3 is 30.3 Å². The van der Waals surface area contributed by atoms with Crippen LogP contribution >= 0.6 is 0 Å². The summed E-state index contributed by atoms with van der Waals surface area (Å²) in [4.78, 5) is 35.9. The van der Waals surface area contributed by atoms with E-state index in [2.05, 4.69) is 0 Å². The number of hydrogen-bond donors (Lipinski definition) is 5. The van der Waals surface area contributed by atoms with E-state index >= 15 is 0 Å². The molecule has 2 rings (SSSR count). The monoisotopic (exact) mass is 536 g/mol. The van der Waals surface area contributed by atoms with Crippen molar-refractivity contribution in [3.8, 4) is 17.2 Å². The zero-order valence-corrected chi connectivity index (χ0v) is 21.5. The van der Waals surface area contributed by atoms with Crippen LogP contribution in [-0.4, -0.2) is 56.5 Å². The molecule has 0 atom stereocenters. The summed E-state index contributed by atoms with van der Waals surface area (Å²) in [6, 6.07) is 9.77. The first-order valence-corrected chi connectivity index (χ1v) is 12.2. The molecular weight excluding hydrogens is 504 g/mol. The standard InChI is InChI=1S/C30H32O9/c1-20(19-39-29(36)15-10-21-8-11-24(32)12-9-21)4-2-5-22(18-31)6-3-7-23(30(37)38)16-28(35)26-17-25(33)13-14-27(26)34/h4,6,8-17,31-34H,2-3,5,7,18-19H2,1H3,(H,37,38). The molecule has 0 aliphatic rings. The summed E-state index contributed by atoms with van der Waals surface area (Å²) >= 11 is 0. The number of carbonyl (C=O) groups is 3. The SMILES string of the molecule is CC(=CCCC(=CCCC(=CC(=O)c1cc(O)ccc1O)C(=O)O)CO)COC(=O)C=Cc1ccc(O)cc1. The number of ether oxygens (including phenoxy) is 1. The van der Waals surface area contributed by atoms with Crippen molar-refractivity contribution in [2.75, 3.05) is 13.2 Å². The molecular formula is C30H32O9. The Balaban J connectivity index is 1.85. The summed E-state index contributed by atoms with van der Waals surface area (Å²) in [5.74, 6) is -3.01.